The van der Waals surface area contributed by atoms with E-state index in [-0.39, 0.29) is 10.8 Å². The van der Waals surface area contributed by atoms with E-state index in [1.165, 1.54) is 47.8 Å². The normalized spacial score (nSPS) is 16.1. The van der Waals surface area contributed by atoms with Gasteiger partial charge in [0.2, 0.25) is 0 Å². The van der Waals surface area contributed by atoms with E-state index < -0.39 is 15.1 Å². The molecular weight excluding hydrogens is 803 g/mol. The third kappa shape index (κ3) is 5.35. The van der Waals surface area contributed by atoms with Crippen LogP contribution in [0, 0.1) is 0 Å². The number of benzene rings is 5. The molecule has 0 spiro atoms. The van der Waals surface area contributed by atoms with E-state index >= 15 is 0 Å². The quantitative estimate of drug-likeness (QED) is 0.0692. The van der Waals surface area contributed by atoms with Crippen molar-refractivity contribution in [1.82, 2.24) is 0 Å². The van der Waals surface area contributed by atoms with Crippen LogP contribution in [0.25, 0.3) is 11.1 Å². The molecule has 0 atom stereocenters. The summed E-state index contributed by atoms with van der Waals surface area (Å²) in [6.45, 7) is 18.6. The summed E-state index contributed by atoms with van der Waals surface area (Å²) in [5, 5.41) is 0. The Labute approximate surface area is 314 Å². The molecule has 2 aliphatic rings. The molecule has 0 unspecified atom stereocenters. The number of rotatable bonds is 11. The van der Waals surface area contributed by atoms with Gasteiger partial charge in [-0.15, -0.1) is 0 Å². The molecule has 0 radical (unpaired) electrons. The van der Waals surface area contributed by atoms with Crippen LogP contribution >= 0.6 is 0 Å². The molecule has 5 aromatic carbocycles. The summed E-state index contributed by atoms with van der Waals surface area (Å²) in [4.78, 5) is 0. The third-order valence-electron chi connectivity index (χ3n) is 14.5. The standard InChI is InChI=1S/C21H25.2C7H7.C6H5.C5H5.C5H9.CH2.Hf/c1-20(2,3)16-7-9-18-14(12-16)11-15-13-17(21(4,5)6)8-10-19(15)18;2*1-7-5-3-2-4-6-7;1-2-4-6-5-3-1;1-2-4-5-3-1;1-3-5-4-2;;/h7-10,12H,11H2,1-6H3;2*2-6H,1H2;1-5H;1-3H,4H2;3H,1-2,4-5H2;1H2;. The second-order valence-electron chi connectivity index (χ2n) is 19.8. The van der Waals surface area contributed by atoms with Crippen LogP contribution in [0.5, 0.6) is 0 Å². The van der Waals surface area contributed by atoms with E-state index in [0.29, 0.717) is 0 Å². The monoisotopic (exact) mass is 864 g/mol. The first-order chi connectivity index (χ1) is 25.1. The van der Waals surface area contributed by atoms with Gasteiger partial charge >= 0.3 is 317 Å². The van der Waals surface area contributed by atoms with E-state index in [1.54, 1.807) is 6.65 Å². The molecule has 0 saturated carbocycles. The van der Waals surface area contributed by atoms with Crippen LogP contribution in [0.3, 0.4) is 0 Å². The molecule has 0 nitrogen and oxygen atoms in total. The van der Waals surface area contributed by atoms with Gasteiger partial charge in [0.15, 0.2) is 0 Å². The van der Waals surface area contributed by atoms with Crippen molar-refractivity contribution in [3.63, 3.8) is 0 Å². The van der Waals surface area contributed by atoms with Gasteiger partial charge in [-0.1, -0.05) is 0 Å². The van der Waals surface area contributed by atoms with Crippen molar-refractivity contribution in [3.05, 3.63) is 189 Å². The summed E-state index contributed by atoms with van der Waals surface area (Å²) >= 11 is -6.68. The second kappa shape index (κ2) is 12.3. The first-order valence-corrected chi connectivity index (χ1v) is 35.5. The van der Waals surface area contributed by atoms with Gasteiger partial charge in [-0.25, -0.2) is 0 Å². The minimum atomic E-state index is -6.68. The van der Waals surface area contributed by atoms with Gasteiger partial charge in [0.25, 0.3) is 0 Å². The first-order valence-electron chi connectivity index (χ1n) is 20.0. The molecule has 0 bridgehead atoms. The third-order valence-corrected chi connectivity index (χ3v) is 62.6. The van der Waals surface area contributed by atoms with Crippen LogP contribution in [-0.2, 0) is 40.7 Å². The van der Waals surface area contributed by atoms with Gasteiger partial charge in [0.05, 0.1) is 0 Å². The molecule has 7 rings (SSSR count). The number of allylic oxidation sites excluding steroid dienone is 5. The van der Waals surface area contributed by atoms with Crippen LogP contribution in [-0.4, -0.2) is 4.26 Å². The van der Waals surface area contributed by atoms with E-state index in [0.717, 1.165) is 38.2 Å². The van der Waals surface area contributed by atoms with Crippen molar-refractivity contribution in [2.75, 3.05) is 0 Å². The van der Waals surface area contributed by atoms with Gasteiger partial charge in [0, 0.05) is 0 Å². The molecule has 53 heavy (non-hydrogen) atoms. The molecule has 1 heteroatoms. The van der Waals surface area contributed by atoms with Gasteiger partial charge < -0.3 is 0 Å². The van der Waals surface area contributed by atoms with E-state index in [1.807, 2.05) is 0 Å². The summed E-state index contributed by atoms with van der Waals surface area (Å²) in [5.41, 5.74) is 11.3. The first kappa shape index (κ1) is 37.4. The summed E-state index contributed by atoms with van der Waals surface area (Å²) in [6, 6.07) is 47.1. The van der Waals surface area contributed by atoms with Crippen LogP contribution in [0.2, 0.25) is 4.18 Å². The zero-order valence-corrected chi connectivity index (χ0v) is 36.8. The predicted octanol–water partition coefficient (Wildman–Crippen LogP) is 12.6. The van der Waals surface area contributed by atoms with Gasteiger partial charge in [-0.05, 0) is 0 Å². The Morgan fingerprint density at radius 3 is 1.79 bits per heavy atom. The predicted molar refractivity (Wildman–Crippen MR) is 231 cm³/mol. The average molecular weight is 864 g/mol. The molecular formula is C52H60Hf. The molecule has 0 fully saturated rings. The maximum absolute atomic E-state index is 6.68. The molecule has 0 amide bonds. The van der Waals surface area contributed by atoms with Gasteiger partial charge in [0.1, 0.15) is 0 Å². The number of fused-ring (bicyclic) bond motifs is 3. The van der Waals surface area contributed by atoms with Crippen LogP contribution in [0.4, 0.5) is 0 Å². The van der Waals surface area contributed by atoms with Crippen molar-refractivity contribution in [2.24, 2.45) is 0 Å². The molecule has 0 heterocycles. The Morgan fingerprint density at radius 1 is 0.679 bits per heavy atom. The Morgan fingerprint density at radius 2 is 1.26 bits per heavy atom. The molecule has 0 N–H and O–H groups in total. The molecule has 0 aromatic heterocycles. The van der Waals surface area contributed by atoms with Crippen molar-refractivity contribution in [1.29, 1.82) is 0 Å². The van der Waals surface area contributed by atoms with E-state index in [2.05, 4.69) is 194 Å². The van der Waals surface area contributed by atoms with Gasteiger partial charge in [-0.3, -0.25) is 0 Å². The molecule has 0 saturated heterocycles. The van der Waals surface area contributed by atoms with E-state index in [4.69, 9.17) is 4.26 Å². The van der Waals surface area contributed by atoms with Crippen molar-refractivity contribution >= 4 is 10.9 Å². The number of unbranched alkanes of at least 4 members (excludes halogenated alkanes) is 1. The SMILES string of the molecule is C=CCC[CH2][Hf](=[CH2])([CH2]c1ccccc1)([CH2]c1ccccc1)([C]1=CC=CC1)([c]1ccccc1)[c]1c(C(C)(C)C)ccc2c1Cc1cc(C(C)(C)C)ccc1-2. The topological polar surface area (TPSA) is 0 Å². The van der Waals surface area contributed by atoms with Crippen LogP contribution in [0.15, 0.2) is 156 Å². The zero-order valence-electron chi connectivity index (χ0n) is 33.2. The minimum absolute atomic E-state index is 0.0666. The fourth-order valence-corrected chi connectivity index (χ4v) is 63.8. The maximum atomic E-state index is 6.48. The Kier molecular flexibility index (Phi) is 8.67. The summed E-state index contributed by atoms with van der Waals surface area (Å²) < 4.78 is 13.9. The molecule has 5 aromatic rings. The summed E-state index contributed by atoms with van der Waals surface area (Å²) in [5.74, 6) is 0. The van der Waals surface area contributed by atoms with Crippen LogP contribution < -0.4 is 6.64 Å². The summed E-state index contributed by atoms with van der Waals surface area (Å²) in [6.07, 6.45) is 13.2. The molecule has 2 aliphatic carbocycles. The average Bonchev–Trinajstić information content (AvgIpc) is 3.82. The number of hydrogen-bond donors (Lipinski definition) is 0. The second-order valence-corrected chi connectivity index (χ2v) is 59.0. The fraction of sp³-hybridized carbons (Fsp3) is 0.288. The van der Waals surface area contributed by atoms with Gasteiger partial charge in [-0.2, -0.15) is 0 Å². The van der Waals surface area contributed by atoms with E-state index in [9.17, 15) is 0 Å². The number of hydrogen-bond acceptors (Lipinski definition) is 0. The van der Waals surface area contributed by atoms with Crippen LogP contribution in [0.1, 0.15) is 94.2 Å². The molecule has 272 valence electrons. The van der Waals surface area contributed by atoms with Crippen molar-refractivity contribution < 1.29 is 15.1 Å². The van der Waals surface area contributed by atoms with Crippen molar-refractivity contribution in [3.8, 4) is 11.1 Å². The van der Waals surface area contributed by atoms with Crippen molar-refractivity contribution in [2.45, 2.75) is 90.6 Å². The molecule has 0 aliphatic heterocycles. The Bertz CT molecular complexity index is 2340. The Hall–Kier alpha value is -3.94. The summed E-state index contributed by atoms with van der Waals surface area (Å²) in [7, 11) is 0. The fourth-order valence-electron chi connectivity index (χ4n) is 12.0. The Balaban J connectivity index is 1.83. The zero-order chi connectivity index (χ0) is 37.6.